The molecule has 3 nitrogen and oxygen atoms in total. The van der Waals surface area contributed by atoms with E-state index in [1.165, 1.54) is 32.1 Å². The lowest BCUT2D eigenvalue weighted by Gasteiger charge is -2.42. The molecule has 2 fully saturated rings. The predicted molar refractivity (Wildman–Crippen MR) is 64.8 cm³/mol. The number of hydrogen-bond donors (Lipinski definition) is 1. The van der Waals surface area contributed by atoms with E-state index in [9.17, 15) is 0 Å². The van der Waals surface area contributed by atoms with Gasteiger partial charge in [-0.05, 0) is 38.0 Å². The van der Waals surface area contributed by atoms with Crippen molar-refractivity contribution in [1.82, 2.24) is 4.90 Å². The van der Waals surface area contributed by atoms with Gasteiger partial charge >= 0.3 is 0 Å². The molecule has 0 aromatic heterocycles. The predicted octanol–water partition coefficient (Wildman–Crippen LogP) is 1.88. The second kappa shape index (κ2) is 4.73. The molecule has 1 aliphatic carbocycles. The molecule has 3 heteroatoms. The number of nitrogens with two attached hydrogens (primary N) is 1. The molecule has 2 N–H and O–H groups in total. The molecule has 16 heavy (non-hydrogen) atoms. The van der Waals surface area contributed by atoms with Crippen LogP contribution in [0.4, 0.5) is 0 Å². The van der Waals surface area contributed by atoms with E-state index in [-0.39, 0.29) is 0 Å². The minimum absolute atomic E-state index is 0.327. The van der Waals surface area contributed by atoms with Gasteiger partial charge in [-0.3, -0.25) is 4.90 Å². The van der Waals surface area contributed by atoms with Crippen LogP contribution in [0.1, 0.15) is 45.4 Å². The Morgan fingerprint density at radius 2 is 2.19 bits per heavy atom. The van der Waals surface area contributed by atoms with Crippen LogP contribution in [0.2, 0.25) is 0 Å². The van der Waals surface area contributed by atoms with Gasteiger partial charge in [0.25, 0.3) is 0 Å². The van der Waals surface area contributed by atoms with Crippen molar-refractivity contribution in [3.05, 3.63) is 0 Å². The third-order valence-electron chi connectivity index (χ3n) is 4.40. The second-order valence-electron chi connectivity index (χ2n) is 5.68. The summed E-state index contributed by atoms with van der Waals surface area (Å²) in [4.78, 5) is 2.58. The number of piperidine rings is 1. The molecule has 0 aromatic carbocycles. The van der Waals surface area contributed by atoms with E-state index in [2.05, 4.69) is 17.9 Å². The van der Waals surface area contributed by atoms with Crippen molar-refractivity contribution >= 4 is 0 Å². The summed E-state index contributed by atoms with van der Waals surface area (Å²) in [6, 6.07) is 3.56. The molecular weight excluding hydrogens is 198 g/mol. The minimum Gasteiger partial charge on any atom is -0.329 e. The fourth-order valence-electron chi connectivity index (χ4n) is 3.00. The Bertz CT molecular complexity index is 277. The van der Waals surface area contributed by atoms with Gasteiger partial charge in [0.1, 0.15) is 0 Å². The van der Waals surface area contributed by atoms with Gasteiger partial charge in [-0.2, -0.15) is 5.26 Å². The first-order valence-corrected chi connectivity index (χ1v) is 6.53. The summed E-state index contributed by atoms with van der Waals surface area (Å²) in [5.74, 6) is 0. The maximum absolute atomic E-state index is 8.87. The van der Waals surface area contributed by atoms with E-state index < -0.39 is 0 Å². The summed E-state index contributed by atoms with van der Waals surface area (Å²) in [6.45, 7) is 4.18. The van der Waals surface area contributed by atoms with Gasteiger partial charge in [0, 0.05) is 31.6 Å². The molecule has 0 bridgehead atoms. The normalized spacial score (nSPS) is 33.3. The SMILES string of the molecule is CC1CCCC(CN)N1CC1(CC#N)CC1. The van der Waals surface area contributed by atoms with E-state index in [4.69, 9.17) is 11.0 Å². The molecule has 2 rings (SSSR count). The molecule has 0 radical (unpaired) electrons. The van der Waals surface area contributed by atoms with Crippen molar-refractivity contribution < 1.29 is 0 Å². The summed E-state index contributed by atoms with van der Waals surface area (Å²) >= 11 is 0. The molecule has 2 unspecified atom stereocenters. The highest BCUT2D eigenvalue weighted by Crippen LogP contribution is 2.50. The Morgan fingerprint density at radius 1 is 1.44 bits per heavy atom. The fourth-order valence-corrected chi connectivity index (χ4v) is 3.00. The Morgan fingerprint density at radius 3 is 2.75 bits per heavy atom. The minimum atomic E-state index is 0.327. The molecule has 0 amide bonds. The van der Waals surface area contributed by atoms with Crippen molar-refractivity contribution in [1.29, 1.82) is 5.26 Å². The topological polar surface area (TPSA) is 53.0 Å². The highest BCUT2D eigenvalue weighted by molar-refractivity contribution is 5.02. The summed E-state index contributed by atoms with van der Waals surface area (Å²) in [5.41, 5.74) is 6.19. The number of rotatable bonds is 4. The lowest BCUT2D eigenvalue weighted by Crippen LogP contribution is -2.50. The maximum Gasteiger partial charge on any atom is 0.0628 e. The van der Waals surface area contributed by atoms with Gasteiger partial charge in [0.05, 0.1) is 6.07 Å². The van der Waals surface area contributed by atoms with Crippen LogP contribution in [-0.2, 0) is 0 Å². The maximum atomic E-state index is 8.87. The molecule has 1 heterocycles. The lowest BCUT2D eigenvalue weighted by atomic mass is 9.93. The second-order valence-corrected chi connectivity index (χ2v) is 5.68. The lowest BCUT2D eigenvalue weighted by molar-refractivity contribution is 0.0737. The monoisotopic (exact) mass is 221 g/mol. The zero-order valence-electron chi connectivity index (χ0n) is 10.3. The zero-order valence-corrected chi connectivity index (χ0v) is 10.3. The van der Waals surface area contributed by atoms with Gasteiger partial charge in [0.2, 0.25) is 0 Å². The smallest absolute Gasteiger partial charge is 0.0628 e. The molecule has 2 atom stereocenters. The van der Waals surface area contributed by atoms with Gasteiger partial charge in [-0.15, -0.1) is 0 Å². The van der Waals surface area contributed by atoms with Crippen molar-refractivity contribution in [3.63, 3.8) is 0 Å². The van der Waals surface area contributed by atoms with Crippen LogP contribution in [0.25, 0.3) is 0 Å². The third kappa shape index (κ3) is 2.39. The Hall–Kier alpha value is -0.590. The van der Waals surface area contributed by atoms with Crippen LogP contribution < -0.4 is 5.73 Å². The quantitative estimate of drug-likeness (QED) is 0.788. The first-order valence-electron chi connectivity index (χ1n) is 6.53. The van der Waals surface area contributed by atoms with Gasteiger partial charge in [-0.1, -0.05) is 6.42 Å². The largest absolute Gasteiger partial charge is 0.329 e. The molecule has 1 aliphatic heterocycles. The van der Waals surface area contributed by atoms with Crippen molar-refractivity contribution in [2.75, 3.05) is 13.1 Å². The summed E-state index contributed by atoms with van der Waals surface area (Å²) in [7, 11) is 0. The number of hydrogen-bond acceptors (Lipinski definition) is 3. The van der Waals surface area contributed by atoms with Crippen LogP contribution in [-0.4, -0.2) is 30.1 Å². The van der Waals surface area contributed by atoms with E-state index in [1.807, 2.05) is 0 Å². The Kier molecular flexibility index (Phi) is 3.51. The zero-order chi connectivity index (χ0) is 11.6. The van der Waals surface area contributed by atoms with E-state index in [1.54, 1.807) is 0 Å². The van der Waals surface area contributed by atoms with Crippen LogP contribution >= 0.6 is 0 Å². The van der Waals surface area contributed by atoms with Crippen molar-refractivity contribution in [2.24, 2.45) is 11.1 Å². The van der Waals surface area contributed by atoms with Gasteiger partial charge < -0.3 is 5.73 Å². The molecule has 0 spiro atoms. The first kappa shape index (κ1) is 11.9. The number of nitrogens with zero attached hydrogens (tertiary/aromatic N) is 2. The number of nitriles is 1. The first-order chi connectivity index (χ1) is 7.71. The molecule has 1 saturated carbocycles. The Balaban J connectivity index is 1.98. The number of likely N-dealkylation sites (tertiary alicyclic amines) is 1. The molecule has 1 saturated heterocycles. The standard InChI is InChI=1S/C13H23N3/c1-11-3-2-4-12(9-15)16(11)10-13(5-6-13)7-8-14/h11-12H,2-7,9-10,15H2,1H3. The molecule has 0 aromatic rings. The highest BCUT2D eigenvalue weighted by atomic mass is 15.2. The average Bonchev–Trinajstić information content (AvgIpc) is 3.02. The molecule has 90 valence electrons. The van der Waals surface area contributed by atoms with Crippen LogP contribution in [0, 0.1) is 16.7 Å². The average molecular weight is 221 g/mol. The van der Waals surface area contributed by atoms with Crippen molar-refractivity contribution in [3.8, 4) is 6.07 Å². The van der Waals surface area contributed by atoms with Gasteiger partial charge in [-0.25, -0.2) is 0 Å². The van der Waals surface area contributed by atoms with E-state index in [0.717, 1.165) is 19.5 Å². The summed E-state index contributed by atoms with van der Waals surface area (Å²) < 4.78 is 0. The third-order valence-corrected chi connectivity index (χ3v) is 4.40. The van der Waals surface area contributed by atoms with Crippen molar-refractivity contribution in [2.45, 2.75) is 57.5 Å². The van der Waals surface area contributed by atoms with E-state index in [0.29, 0.717) is 17.5 Å². The van der Waals surface area contributed by atoms with Crippen LogP contribution in [0.5, 0.6) is 0 Å². The van der Waals surface area contributed by atoms with Crippen LogP contribution in [0.15, 0.2) is 0 Å². The summed E-state index contributed by atoms with van der Waals surface area (Å²) in [6.07, 6.45) is 7.04. The van der Waals surface area contributed by atoms with E-state index >= 15 is 0 Å². The van der Waals surface area contributed by atoms with Crippen LogP contribution in [0.3, 0.4) is 0 Å². The van der Waals surface area contributed by atoms with Gasteiger partial charge in [0.15, 0.2) is 0 Å². The fraction of sp³-hybridized carbons (Fsp3) is 0.923. The summed E-state index contributed by atoms with van der Waals surface area (Å²) in [5, 5.41) is 8.87. The molecule has 2 aliphatic rings. The highest BCUT2D eigenvalue weighted by Gasteiger charge is 2.45. The molecular formula is C13H23N3. The Labute approximate surface area is 98.6 Å².